The van der Waals surface area contributed by atoms with Gasteiger partial charge in [0, 0.05) is 12.1 Å². The monoisotopic (exact) mass is 357 g/mol. The van der Waals surface area contributed by atoms with E-state index in [1.54, 1.807) is 18.2 Å². The van der Waals surface area contributed by atoms with Gasteiger partial charge in [-0.3, -0.25) is 4.79 Å². The van der Waals surface area contributed by atoms with Gasteiger partial charge in [0.1, 0.15) is 11.5 Å². The molecule has 0 saturated carbocycles. The topological polar surface area (TPSA) is 84.9 Å². The van der Waals surface area contributed by atoms with Crippen molar-refractivity contribution in [2.24, 2.45) is 5.92 Å². The Balaban J connectivity index is 1.93. The van der Waals surface area contributed by atoms with Gasteiger partial charge in [0.15, 0.2) is 6.61 Å². The number of benzene rings is 2. The quantitative estimate of drug-likeness (QED) is 0.720. The SMILES string of the molecule is CC(C)COc1cccc(CNC(=O)c2cccc(OCC(=O)O)c2)c1. The smallest absolute Gasteiger partial charge is 0.341 e. The zero-order valence-corrected chi connectivity index (χ0v) is 14.9. The lowest BCUT2D eigenvalue weighted by molar-refractivity contribution is -0.139. The van der Waals surface area contributed by atoms with Crippen LogP contribution in [0.4, 0.5) is 0 Å². The normalized spacial score (nSPS) is 10.4. The van der Waals surface area contributed by atoms with Crippen LogP contribution in [0.2, 0.25) is 0 Å². The lowest BCUT2D eigenvalue weighted by Gasteiger charge is -2.11. The highest BCUT2D eigenvalue weighted by atomic mass is 16.5. The number of hydrogen-bond donors (Lipinski definition) is 2. The van der Waals surface area contributed by atoms with Gasteiger partial charge in [-0.05, 0) is 41.8 Å². The molecule has 2 aromatic rings. The van der Waals surface area contributed by atoms with Crippen LogP contribution >= 0.6 is 0 Å². The summed E-state index contributed by atoms with van der Waals surface area (Å²) in [4.78, 5) is 22.8. The first-order valence-electron chi connectivity index (χ1n) is 8.38. The van der Waals surface area contributed by atoms with Gasteiger partial charge >= 0.3 is 5.97 Å². The predicted molar refractivity (Wildman–Crippen MR) is 97.5 cm³/mol. The maximum Gasteiger partial charge on any atom is 0.341 e. The largest absolute Gasteiger partial charge is 0.493 e. The summed E-state index contributed by atoms with van der Waals surface area (Å²) in [5, 5.41) is 11.5. The maximum absolute atomic E-state index is 12.3. The van der Waals surface area contributed by atoms with Crippen LogP contribution in [-0.4, -0.2) is 30.2 Å². The standard InChI is InChI=1S/C20H23NO5/c1-14(2)12-25-17-7-3-5-15(9-17)11-21-20(24)16-6-4-8-18(10-16)26-13-19(22)23/h3-10,14H,11-13H2,1-2H3,(H,21,24)(H,22,23). The van der Waals surface area contributed by atoms with Gasteiger partial charge in [0.2, 0.25) is 0 Å². The van der Waals surface area contributed by atoms with E-state index in [4.69, 9.17) is 14.6 Å². The van der Waals surface area contributed by atoms with E-state index in [9.17, 15) is 9.59 Å². The number of aliphatic carboxylic acids is 1. The second kappa shape index (κ2) is 9.46. The van der Waals surface area contributed by atoms with Gasteiger partial charge in [-0.2, -0.15) is 0 Å². The number of nitrogens with one attached hydrogen (secondary N) is 1. The number of carbonyl (C=O) groups is 2. The van der Waals surface area contributed by atoms with E-state index in [1.165, 1.54) is 6.07 Å². The molecule has 6 nitrogen and oxygen atoms in total. The van der Waals surface area contributed by atoms with E-state index >= 15 is 0 Å². The number of carboxylic acids is 1. The maximum atomic E-state index is 12.3. The first-order chi connectivity index (χ1) is 12.4. The van der Waals surface area contributed by atoms with E-state index in [2.05, 4.69) is 19.2 Å². The van der Waals surface area contributed by atoms with E-state index in [0.29, 0.717) is 30.4 Å². The first-order valence-corrected chi connectivity index (χ1v) is 8.38. The summed E-state index contributed by atoms with van der Waals surface area (Å²) in [5.74, 6) is 0.214. The van der Waals surface area contributed by atoms with Crippen LogP contribution in [0.3, 0.4) is 0 Å². The average molecular weight is 357 g/mol. The highest BCUT2D eigenvalue weighted by Gasteiger charge is 2.08. The molecule has 0 aliphatic heterocycles. The Hall–Kier alpha value is -3.02. The van der Waals surface area contributed by atoms with Crippen molar-refractivity contribution in [2.75, 3.05) is 13.2 Å². The molecule has 0 bridgehead atoms. The van der Waals surface area contributed by atoms with Crippen molar-refractivity contribution in [1.29, 1.82) is 0 Å². The molecule has 0 saturated heterocycles. The van der Waals surface area contributed by atoms with Crippen LogP contribution in [0.15, 0.2) is 48.5 Å². The highest BCUT2D eigenvalue weighted by Crippen LogP contribution is 2.16. The molecule has 2 rings (SSSR count). The number of carbonyl (C=O) groups excluding carboxylic acids is 1. The van der Waals surface area contributed by atoms with Crippen LogP contribution in [0, 0.1) is 5.92 Å². The third-order valence-corrected chi connectivity index (χ3v) is 3.39. The third kappa shape index (κ3) is 6.47. The molecule has 0 fully saturated rings. The number of ether oxygens (including phenoxy) is 2. The summed E-state index contributed by atoms with van der Waals surface area (Å²) < 4.78 is 10.8. The summed E-state index contributed by atoms with van der Waals surface area (Å²) >= 11 is 0. The highest BCUT2D eigenvalue weighted by molar-refractivity contribution is 5.94. The van der Waals surface area contributed by atoms with Crippen LogP contribution in [-0.2, 0) is 11.3 Å². The Labute approximate surface area is 152 Å². The summed E-state index contributed by atoms with van der Waals surface area (Å²) in [5.41, 5.74) is 1.33. The molecule has 0 atom stereocenters. The second-order valence-electron chi connectivity index (χ2n) is 6.25. The Morgan fingerprint density at radius 2 is 1.73 bits per heavy atom. The summed E-state index contributed by atoms with van der Waals surface area (Å²) in [6.45, 7) is 4.71. The van der Waals surface area contributed by atoms with Crippen molar-refractivity contribution in [3.05, 3.63) is 59.7 Å². The van der Waals surface area contributed by atoms with Crippen molar-refractivity contribution < 1.29 is 24.2 Å². The minimum atomic E-state index is -1.07. The molecule has 0 spiro atoms. The molecule has 0 radical (unpaired) electrons. The Morgan fingerprint density at radius 1 is 1.04 bits per heavy atom. The van der Waals surface area contributed by atoms with Crippen molar-refractivity contribution in [1.82, 2.24) is 5.32 Å². The molecule has 0 unspecified atom stereocenters. The fourth-order valence-corrected chi connectivity index (χ4v) is 2.16. The molecule has 0 aromatic heterocycles. The fourth-order valence-electron chi connectivity index (χ4n) is 2.16. The van der Waals surface area contributed by atoms with Gasteiger partial charge in [0.25, 0.3) is 5.91 Å². The molecular weight excluding hydrogens is 334 g/mol. The molecule has 2 N–H and O–H groups in total. The first kappa shape index (κ1) is 19.3. The van der Waals surface area contributed by atoms with E-state index in [0.717, 1.165) is 11.3 Å². The van der Waals surface area contributed by atoms with Crippen LogP contribution in [0.1, 0.15) is 29.8 Å². The van der Waals surface area contributed by atoms with Crippen molar-refractivity contribution in [3.8, 4) is 11.5 Å². The molecule has 0 aliphatic rings. The molecular formula is C20H23NO5. The summed E-state index contributed by atoms with van der Waals surface area (Å²) in [6, 6.07) is 14.0. The zero-order valence-electron chi connectivity index (χ0n) is 14.9. The lowest BCUT2D eigenvalue weighted by Crippen LogP contribution is -2.22. The van der Waals surface area contributed by atoms with E-state index in [-0.39, 0.29) is 5.91 Å². The fraction of sp³-hybridized carbons (Fsp3) is 0.300. The van der Waals surface area contributed by atoms with Crippen LogP contribution < -0.4 is 14.8 Å². The van der Waals surface area contributed by atoms with Crippen molar-refractivity contribution in [3.63, 3.8) is 0 Å². The minimum absolute atomic E-state index is 0.265. The van der Waals surface area contributed by atoms with Gasteiger partial charge in [-0.25, -0.2) is 4.79 Å². The predicted octanol–water partition coefficient (Wildman–Crippen LogP) is 3.11. The molecule has 0 heterocycles. The number of rotatable bonds is 9. The molecule has 6 heteroatoms. The van der Waals surface area contributed by atoms with Crippen LogP contribution in [0.5, 0.6) is 11.5 Å². The molecule has 26 heavy (non-hydrogen) atoms. The Kier molecular flexibility index (Phi) is 7.02. The molecule has 2 aromatic carbocycles. The third-order valence-electron chi connectivity index (χ3n) is 3.39. The molecule has 138 valence electrons. The van der Waals surface area contributed by atoms with E-state index < -0.39 is 12.6 Å². The summed E-state index contributed by atoms with van der Waals surface area (Å²) in [7, 11) is 0. The van der Waals surface area contributed by atoms with Gasteiger partial charge in [0.05, 0.1) is 6.61 Å². The zero-order chi connectivity index (χ0) is 18.9. The number of carboxylic acid groups (broad SMARTS) is 1. The number of hydrogen-bond acceptors (Lipinski definition) is 4. The van der Waals surface area contributed by atoms with Crippen LogP contribution in [0.25, 0.3) is 0 Å². The molecule has 1 amide bonds. The second-order valence-corrected chi connectivity index (χ2v) is 6.25. The van der Waals surface area contributed by atoms with Gasteiger partial charge < -0.3 is 19.9 Å². The minimum Gasteiger partial charge on any atom is -0.493 e. The lowest BCUT2D eigenvalue weighted by atomic mass is 10.1. The van der Waals surface area contributed by atoms with E-state index in [1.807, 2.05) is 24.3 Å². The Morgan fingerprint density at radius 3 is 2.42 bits per heavy atom. The van der Waals surface area contributed by atoms with Crippen molar-refractivity contribution in [2.45, 2.75) is 20.4 Å². The molecule has 0 aliphatic carbocycles. The van der Waals surface area contributed by atoms with Gasteiger partial charge in [-0.1, -0.05) is 32.0 Å². The average Bonchev–Trinajstić information content (AvgIpc) is 2.63. The summed E-state index contributed by atoms with van der Waals surface area (Å²) in [6.07, 6.45) is 0. The number of amides is 1. The Bertz CT molecular complexity index is 757. The van der Waals surface area contributed by atoms with Gasteiger partial charge in [-0.15, -0.1) is 0 Å². The van der Waals surface area contributed by atoms with Crippen molar-refractivity contribution >= 4 is 11.9 Å².